The van der Waals surface area contributed by atoms with Crippen molar-refractivity contribution in [3.05, 3.63) is 259 Å². The third-order valence-corrected chi connectivity index (χ3v) is 14.1. The van der Waals surface area contributed by atoms with Gasteiger partial charge in [0, 0.05) is 32.2 Å². The van der Waals surface area contributed by atoms with E-state index in [0.29, 0.717) is 0 Å². The van der Waals surface area contributed by atoms with Crippen molar-refractivity contribution in [3.8, 4) is 0 Å². The summed E-state index contributed by atoms with van der Waals surface area (Å²) in [6, 6.07) is 55.6. The first-order valence-corrected chi connectivity index (χ1v) is 25.7. The predicted molar refractivity (Wildman–Crippen MR) is 243 cm³/mol. The minimum Gasteiger partial charge on any atom is 2.00 e. The zero-order valence-electron chi connectivity index (χ0n) is 31.8. The summed E-state index contributed by atoms with van der Waals surface area (Å²) >= 11 is -0.346. The molecule has 3 saturated carbocycles. The van der Waals surface area contributed by atoms with Gasteiger partial charge in [-0.3, -0.25) is 4.67 Å². The van der Waals surface area contributed by atoms with Crippen molar-refractivity contribution in [1.82, 2.24) is 4.67 Å². The van der Waals surface area contributed by atoms with Crippen LogP contribution in [0.5, 0.6) is 0 Å². The molecule has 3 fully saturated rings. The Kier molecular flexibility index (Phi) is 24.6. The number of benzene rings is 5. The molecule has 0 aliphatic heterocycles. The molecule has 1 nitrogen and oxygen atoms in total. The van der Waals surface area contributed by atoms with Crippen LogP contribution >= 0.6 is 35.4 Å². The van der Waals surface area contributed by atoms with Crippen LogP contribution in [0, 0.1) is 101 Å². The van der Waals surface area contributed by atoms with Gasteiger partial charge in [0.15, 0.2) is 0 Å². The maximum atomic E-state index is 4.85. The van der Waals surface area contributed by atoms with E-state index in [1.807, 2.05) is 70.6 Å². The van der Waals surface area contributed by atoms with E-state index < -0.39 is 16.0 Å². The van der Waals surface area contributed by atoms with Gasteiger partial charge in [-0.1, -0.05) is 152 Å². The molecule has 0 bridgehead atoms. The van der Waals surface area contributed by atoms with E-state index >= 15 is 0 Å². The molecule has 16 radical (unpaired) electrons. The molecule has 7 heteroatoms. The fraction of sp³-hybridized carbons (Fsp3) is 0.0800. The monoisotopic (exact) mass is 951 g/mol. The zero-order chi connectivity index (χ0) is 39.0. The van der Waals surface area contributed by atoms with E-state index in [1.165, 1.54) is 38.4 Å². The van der Waals surface area contributed by atoms with Gasteiger partial charge < -0.3 is 0 Å². The average Bonchev–Trinajstić information content (AvgIpc) is 4.02. The van der Waals surface area contributed by atoms with E-state index in [0.717, 1.165) is 13.0 Å². The molecular weight excluding hydrogens is 904 g/mol. The Hall–Kier alpha value is -1.36. The summed E-state index contributed by atoms with van der Waals surface area (Å²) in [5, 5.41) is 5.56. The summed E-state index contributed by atoms with van der Waals surface area (Å²) in [4.78, 5) is 0. The van der Waals surface area contributed by atoms with Crippen molar-refractivity contribution >= 4 is 56.6 Å². The van der Waals surface area contributed by atoms with Gasteiger partial charge in [0.1, 0.15) is 0 Å². The Morgan fingerprint density at radius 3 is 1.18 bits per heavy atom. The van der Waals surface area contributed by atoms with E-state index in [4.69, 9.17) is 19.4 Å². The quantitative estimate of drug-likeness (QED) is 0.0942. The number of hydrogen-bond donors (Lipinski definition) is 0. The second kappa shape index (κ2) is 29.0. The van der Waals surface area contributed by atoms with Crippen LogP contribution in [0.15, 0.2) is 152 Å². The first kappa shape index (κ1) is 48.3. The average molecular weight is 952 g/mol. The number of halogens is 2. The Labute approximate surface area is 375 Å². The third kappa shape index (κ3) is 16.2. The van der Waals surface area contributed by atoms with Crippen molar-refractivity contribution in [3.63, 3.8) is 0 Å². The Balaban J connectivity index is 0.000000406. The summed E-state index contributed by atoms with van der Waals surface area (Å²) in [5.74, 6) is 1.43. The Morgan fingerprint density at radius 2 is 0.807 bits per heavy atom. The first-order chi connectivity index (χ1) is 27.7. The molecule has 290 valence electrons. The van der Waals surface area contributed by atoms with Crippen LogP contribution in [0.2, 0.25) is 0 Å². The van der Waals surface area contributed by atoms with Crippen molar-refractivity contribution < 1.29 is 32.2 Å². The number of rotatable bonds is 11. The molecule has 57 heavy (non-hydrogen) atoms. The van der Waals surface area contributed by atoms with E-state index in [9.17, 15) is 0 Å². The molecule has 0 spiro atoms. The Bertz CT molecular complexity index is 1600. The minimum atomic E-state index is -0.754. The topological polar surface area (TPSA) is 3.24 Å². The maximum Gasteiger partial charge on any atom is 2.00 e. The normalized spacial score (nSPS) is 16.1. The van der Waals surface area contributed by atoms with Gasteiger partial charge in [0.2, 0.25) is 0 Å². The molecule has 5 aromatic rings. The van der Waals surface area contributed by atoms with Gasteiger partial charge in [-0.2, -0.15) is 0 Å². The second-order valence-electron chi connectivity index (χ2n) is 12.6. The summed E-state index contributed by atoms with van der Waals surface area (Å²) in [6.07, 6.45) is 30.0. The largest absolute Gasteiger partial charge is 2.00 e. The smallest absolute Gasteiger partial charge is 2.00 e. The van der Waals surface area contributed by atoms with Gasteiger partial charge in [0.05, 0.1) is 0 Å². The van der Waals surface area contributed by atoms with Gasteiger partial charge in [0.25, 0.3) is 0 Å². The zero-order valence-corrected chi connectivity index (χ0v) is 38.0. The molecule has 0 amide bonds. The van der Waals surface area contributed by atoms with Gasteiger partial charge in [-0.15, -0.1) is 0 Å². The van der Waals surface area contributed by atoms with Crippen LogP contribution in [0.4, 0.5) is 0 Å². The van der Waals surface area contributed by atoms with Crippen molar-refractivity contribution in [2.24, 2.45) is 0 Å². The van der Waals surface area contributed by atoms with Crippen LogP contribution in [-0.2, 0) is 38.6 Å². The van der Waals surface area contributed by atoms with E-state index in [2.05, 4.69) is 183 Å². The van der Waals surface area contributed by atoms with Gasteiger partial charge >= 0.3 is 51.6 Å². The molecule has 0 aromatic heterocycles. The van der Waals surface area contributed by atoms with Gasteiger partial charge in [-0.25, -0.2) is 0 Å². The summed E-state index contributed by atoms with van der Waals surface area (Å²) < 4.78 is 2.79. The molecular formula is C50H47Cl2FeNP2Ru+2. The molecule has 0 heterocycles. The SMILES string of the molecule is C[C@H]([C]1[CH][CH][CH][C]1P(c1ccccc1)c1ccccc1)N(CCc1ccccc1)P(c1ccccc1)c1ccccc1.[CH]1[CH][CH][CH][CH]1.[CH]1[CH][CH][CH][CH][CH]1.[Cl][Ru][Cl].[Fe+2]. The molecule has 3 aliphatic rings. The fourth-order valence-electron chi connectivity index (χ4n) is 6.37. The second-order valence-corrected chi connectivity index (χ2v) is 19.6. The predicted octanol–water partition coefficient (Wildman–Crippen LogP) is 11.5. The molecule has 0 saturated heterocycles. The van der Waals surface area contributed by atoms with Crippen LogP contribution in [0.3, 0.4) is 0 Å². The number of nitrogens with zero attached hydrogens (tertiary/aromatic N) is 1. The molecule has 8 rings (SSSR count). The third-order valence-electron chi connectivity index (χ3n) is 8.95. The Morgan fingerprint density at radius 1 is 0.474 bits per heavy atom. The van der Waals surface area contributed by atoms with Crippen molar-refractivity contribution in [2.75, 3.05) is 6.54 Å². The van der Waals surface area contributed by atoms with Crippen molar-refractivity contribution in [1.29, 1.82) is 0 Å². The molecule has 5 aromatic carbocycles. The summed E-state index contributed by atoms with van der Waals surface area (Å²) in [6.45, 7) is 3.40. The van der Waals surface area contributed by atoms with Gasteiger partial charge in [-0.05, 0) is 138 Å². The maximum absolute atomic E-state index is 4.85. The first-order valence-electron chi connectivity index (χ1n) is 18.6. The molecule has 0 unspecified atom stereocenters. The van der Waals surface area contributed by atoms with E-state index in [-0.39, 0.29) is 38.3 Å². The fourth-order valence-corrected chi connectivity index (χ4v) is 11.5. The van der Waals surface area contributed by atoms with Crippen LogP contribution in [-0.4, -0.2) is 17.3 Å². The molecule has 0 N–H and O–H groups in total. The van der Waals surface area contributed by atoms with Crippen LogP contribution in [0.1, 0.15) is 12.5 Å². The van der Waals surface area contributed by atoms with Crippen LogP contribution < -0.4 is 21.2 Å². The standard InChI is InChI=1S/C39H36NP2.C6H6.C5H5.2ClH.Fe.Ru/c1-32(38-28-17-29-39(38)41(34-20-9-3-10-21-34)35-22-11-4-12-23-35)40(31-30-33-18-7-2-8-19-33)42(36-24-13-5-14-25-36)37-26-15-6-16-27-37;1-2-4-6-5-3-1;1-2-4-5-3-1;;;;/h2-29,32H,30-31H2,1H3;1-6H;1-5H;2*1H;;/q;;;;;2*+2/p-2/t32-;;;;;;/m1....../s1. The molecule has 1 atom stereocenters. The summed E-state index contributed by atoms with van der Waals surface area (Å²) in [7, 11) is 8.27. The number of hydrogen-bond acceptors (Lipinski definition) is 1. The van der Waals surface area contributed by atoms with E-state index in [1.54, 1.807) is 0 Å². The van der Waals surface area contributed by atoms with Crippen LogP contribution in [0.25, 0.3) is 0 Å². The minimum absolute atomic E-state index is 0. The molecule has 3 aliphatic carbocycles. The van der Waals surface area contributed by atoms with Crippen molar-refractivity contribution in [2.45, 2.75) is 19.4 Å². The summed E-state index contributed by atoms with van der Waals surface area (Å²) in [5.41, 5.74) is 2.83.